The molecule has 0 aliphatic carbocycles. The van der Waals surface area contributed by atoms with Crippen LogP contribution in [0.5, 0.6) is 0 Å². The van der Waals surface area contributed by atoms with Crippen LogP contribution in [0.15, 0.2) is 52.4 Å². The molecule has 5 aliphatic rings. The van der Waals surface area contributed by atoms with Gasteiger partial charge in [0.25, 0.3) is 17.4 Å². The zero-order chi connectivity index (χ0) is 29.2. The number of urea groups is 1. The number of fused-ring (bicyclic) bond motifs is 4. The predicted molar refractivity (Wildman–Crippen MR) is 142 cm³/mol. The van der Waals surface area contributed by atoms with Crippen LogP contribution in [0, 0.1) is 5.41 Å². The molecule has 0 spiro atoms. The van der Waals surface area contributed by atoms with Gasteiger partial charge < -0.3 is 4.90 Å². The van der Waals surface area contributed by atoms with Crippen LogP contribution in [0.2, 0.25) is 0 Å². The van der Waals surface area contributed by atoms with E-state index in [0.717, 1.165) is 22.2 Å². The third-order valence-corrected chi connectivity index (χ3v) is 8.01. The summed E-state index contributed by atoms with van der Waals surface area (Å²) < 4.78 is 39.4. The second-order valence-corrected chi connectivity index (χ2v) is 12.6. The number of alkyl halides is 3. The number of piperazine rings is 1. The second-order valence-electron chi connectivity index (χ2n) is 11.7. The van der Waals surface area contributed by atoms with Crippen molar-refractivity contribution in [1.29, 1.82) is 0 Å². The Kier molecular flexibility index (Phi) is 6.89. The van der Waals surface area contributed by atoms with Gasteiger partial charge in [0, 0.05) is 32.2 Å². The van der Waals surface area contributed by atoms with Crippen LogP contribution in [-0.2, 0) is 9.63 Å². The lowest BCUT2D eigenvalue weighted by Gasteiger charge is -2.49. The van der Waals surface area contributed by atoms with E-state index in [1.165, 1.54) is 13.1 Å². The summed E-state index contributed by atoms with van der Waals surface area (Å²) in [5.41, 5.74) is -0.00285. The summed E-state index contributed by atoms with van der Waals surface area (Å²) in [5, 5.41) is 0. The van der Waals surface area contributed by atoms with Crippen molar-refractivity contribution in [2.75, 3.05) is 26.7 Å². The molecule has 13 heteroatoms. The molecule has 0 N–H and O–H groups in total. The lowest BCUT2D eigenvalue weighted by molar-refractivity contribution is -0.992. The van der Waals surface area contributed by atoms with E-state index in [0.29, 0.717) is 24.5 Å². The molecule has 5 aliphatic heterocycles. The van der Waals surface area contributed by atoms with E-state index in [4.69, 9.17) is 9.83 Å². The van der Waals surface area contributed by atoms with E-state index in [1.54, 1.807) is 39.0 Å². The van der Waals surface area contributed by atoms with Crippen LogP contribution in [-0.4, -0.2) is 88.0 Å². The highest BCUT2D eigenvalue weighted by molar-refractivity contribution is 9.10. The van der Waals surface area contributed by atoms with Crippen LogP contribution < -0.4 is 4.99 Å². The van der Waals surface area contributed by atoms with Gasteiger partial charge in [0.2, 0.25) is 0 Å². The maximum atomic E-state index is 13.5. The van der Waals surface area contributed by atoms with Crippen LogP contribution in [0.4, 0.5) is 18.0 Å². The Morgan fingerprint density at radius 2 is 1.73 bits per heavy atom. The quantitative estimate of drug-likeness (QED) is 0.470. The number of piperidine rings is 2. The number of halogens is 4. The number of nitrogens with zero attached hydrogens (tertiary/aromatic N) is 5. The number of aliphatic imine (C=N–C) groups is 1. The third-order valence-electron chi connectivity index (χ3n) is 7.49. The molecule has 4 saturated heterocycles. The Labute approximate surface area is 238 Å². The molecule has 9 nitrogen and oxygen atoms in total. The number of hydrogen-bond acceptors (Lipinski definition) is 6. The SMILES string of the molecule is CN1C(=O)[N+](CC(C)(C)C)(OC(=O)C(F)(F)F)C2=CC=C(N3CC4CCC3CN4C(=O)c3ccc(Br)cc3)[N+]=C21. The first-order valence-electron chi connectivity index (χ1n) is 12.9. The number of allylic oxidation sites excluding steroid dienone is 2. The first kappa shape index (κ1) is 28.3. The highest BCUT2D eigenvalue weighted by Crippen LogP contribution is 2.39. The van der Waals surface area contributed by atoms with E-state index in [1.807, 2.05) is 17.0 Å². The standard InChI is InChI=1S/C27H30BrF3N5O4/c1-26(2,3)15-36(40-24(38)27(29,30)31)20-11-12-21(32-22(20)33(4)25(36)39)34-13-19-10-9-18(34)14-35(19)23(37)16-5-7-17(28)8-6-16/h5-8,11-12,18-19H,9-10,13-15H2,1-4H3/q+2. The lowest BCUT2D eigenvalue weighted by atomic mass is 9.90. The highest BCUT2D eigenvalue weighted by Gasteiger charge is 2.67. The Morgan fingerprint density at radius 3 is 2.30 bits per heavy atom. The minimum absolute atomic E-state index is 0.0192. The van der Waals surface area contributed by atoms with Gasteiger partial charge >= 0.3 is 24.0 Å². The Bertz CT molecular complexity index is 1350. The number of carbonyl (C=O) groups excluding carboxylic acids is 3. The summed E-state index contributed by atoms with van der Waals surface area (Å²) in [5.74, 6) is -1.81. The summed E-state index contributed by atoms with van der Waals surface area (Å²) in [6.07, 6.45) is -0.433. The molecule has 1 aromatic carbocycles. The largest absolute Gasteiger partial charge is 0.529 e. The van der Waals surface area contributed by atoms with Gasteiger partial charge in [0.05, 0.1) is 32.2 Å². The molecule has 5 heterocycles. The van der Waals surface area contributed by atoms with E-state index < -0.39 is 28.2 Å². The zero-order valence-electron chi connectivity index (χ0n) is 22.5. The number of carbonyl (C=O) groups is 3. The van der Waals surface area contributed by atoms with Crippen LogP contribution in [0.1, 0.15) is 44.0 Å². The van der Waals surface area contributed by atoms with Crippen LogP contribution in [0.25, 0.3) is 0 Å². The van der Waals surface area contributed by atoms with Crippen molar-refractivity contribution in [1.82, 2.24) is 19.7 Å². The Hall–Kier alpha value is -3.19. The second kappa shape index (κ2) is 9.72. The minimum Gasteiger partial charge on any atom is -0.329 e. The maximum absolute atomic E-state index is 13.5. The van der Waals surface area contributed by atoms with Gasteiger partial charge in [-0.15, -0.1) is 0 Å². The van der Waals surface area contributed by atoms with Gasteiger partial charge in [0.1, 0.15) is 6.54 Å². The number of rotatable bonds is 4. The number of amides is 3. The Balaban J connectivity index is 1.43. The van der Waals surface area contributed by atoms with Crippen molar-refractivity contribution in [3.8, 4) is 0 Å². The van der Waals surface area contributed by atoms with Crippen molar-refractivity contribution in [2.45, 2.75) is 51.9 Å². The lowest BCUT2D eigenvalue weighted by Crippen LogP contribution is -2.64. The van der Waals surface area contributed by atoms with Crippen LogP contribution >= 0.6 is 15.9 Å². The molecule has 40 heavy (non-hydrogen) atoms. The fourth-order valence-corrected chi connectivity index (χ4v) is 6.07. The molecule has 0 saturated carbocycles. The van der Waals surface area contributed by atoms with Crippen molar-refractivity contribution in [2.24, 2.45) is 5.41 Å². The van der Waals surface area contributed by atoms with Crippen LogP contribution in [0.3, 0.4) is 0 Å². The van der Waals surface area contributed by atoms with Gasteiger partial charge in [-0.1, -0.05) is 41.7 Å². The van der Waals surface area contributed by atoms with Gasteiger partial charge in [-0.25, -0.2) is 9.63 Å². The van der Waals surface area contributed by atoms with Crippen molar-refractivity contribution in [3.63, 3.8) is 0 Å². The topological polar surface area (TPSA) is 84.3 Å². The third kappa shape index (κ3) is 4.93. The van der Waals surface area contributed by atoms with E-state index in [2.05, 4.69) is 20.8 Å². The fourth-order valence-electron chi connectivity index (χ4n) is 5.81. The van der Waals surface area contributed by atoms with Gasteiger partial charge in [-0.05, 0) is 37.1 Å². The molecule has 0 aromatic heterocycles. The number of benzene rings is 1. The first-order valence-corrected chi connectivity index (χ1v) is 13.7. The fraction of sp³-hybridized carbons (Fsp3) is 0.481. The molecular formula is C27H30BrF3N5O4+2. The predicted octanol–water partition coefficient (Wildman–Crippen LogP) is 4.16. The summed E-state index contributed by atoms with van der Waals surface area (Å²) in [6, 6.07) is 6.34. The molecular weight excluding hydrogens is 595 g/mol. The molecule has 4 fully saturated rings. The molecule has 1 aromatic rings. The number of hydrogen-bond donors (Lipinski definition) is 0. The monoisotopic (exact) mass is 624 g/mol. The minimum atomic E-state index is -5.27. The number of hydroxylamine groups is 3. The summed E-state index contributed by atoms with van der Waals surface area (Å²) in [7, 11) is 1.41. The Morgan fingerprint density at radius 1 is 1.07 bits per heavy atom. The van der Waals surface area contributed by atoms with Gasteiger partial charge in [-0.3, -0.25) is 9.69 Å². The van der Waals surface area contributed by atoms with Gasteiger partial charge in [0.15, 0.2) is 0 Å². The molecule has 3 unspecified atom stereocenters. The van der Waals surface area contributed by atoms with E-state index in [-0.39, 0.29) is 36.1 Å². The summed E-state index contributed by atoms with van der Waals surface area (Å²) in [6.45, 7) is 6.04. The van der Waals surface area contributed by atoms with E-state index >= 15 is 0 Å². The molecule has 2 bridgehead atoms. The number of amidine groups is 1. The van der Waals surface area contributed by atoms with Crippen molar-refractivity contribution in [3.05, 3.63) is 58.0 Å². The number of likely N-dealkylation sites (N-methyl/N-ethyl adjacent to an activating group) is 1. The van der Waals surface area contributed by atoms with Gasteiger partial charge in [-0.2, -0.15) is 22.9 Å². The highest BCUT2D eigenvalue weighted by atomic mass is 79.9. The van der Waals surface area contributed by atoms with Crippen molar-refractivity contribution >= 4 is 39.7 Å². The first-order chi connectivity index (χ1) is 18.6. The molecule has 6 rings (SSSR count). The number of quaternary nitrogens is 1. The average molecular weight is 625 g/mol. The zero-order valence-corrected chi connectivity index (χ0v) is 24.1. The maximum Gasteiger partial charge on any atom is 0.529 e. The average Bonchev–Trinajstić information content (AvgIpc) is 3.08. The summed E-state index contributed by atoms with van der Waals surface area (Å²) >= 11 is 3.39. The molecule has 3 amide bonds. The molecule has 1 radical (unpaired) electrons. The molecule has 3 atom stereocenters. The van der Waals surface area contributed by atoms with E-state index in [9.17, 15) is 27.6 Å². The smallest absolute Gasteiger partial charge is 0.329 e. The normalized spacial score (nSPS) is 26.4. The summed E-state index contributed by atoms with van der Waals surface area (Å²) in [4.78, 5) is 53.4. The molecule has 213 valence electrons. The van der Waals surface area contributed by atoms with Crippen molar-refractivity contribution < 1.29 is 37.0 Å².